The van der Waals surface area contributed by atoms with Crippen molar-refractivity contribution in [3.8, 4) is 0 Å². The van der Waals surface area contributed by atoms with Crippen LogP contribution in [0.25, 0.3) is 16.7 Å². The molecular weight excluding hydrogens is 388 g/mol. The van der Waals surface area contributed by atoms with E-state index in [-0.39, 0.29) is 5.56 Å². The largest absolute Gasteiger partial charge is 0.298 e. The third-order valence-electron chi connectivity index (χ3n) is 6.19. The monoisotopic (exact) mass is 416 g/mol. The highest BCUT2D eigenvalue weighted by molar-refractivity contribution is 5.80. The minimum atomic E-state index is -0.00382. The lowest BCUT2D eigenvalue weighted by Gasteiger charge is -2.21. The minimum absolute atomic E-state index is 0.00382. The molecule has 1 aliphatic rings. The van der Waals surface area contributed by atoms with E-state index < -0.39 is 0 Å². The molecule has 2 aromatic heterocycles. The van der Waals surface area contributed by atoms with Crippen molar-refractivity contribution in [2.75, 3.05) is 26.2 Å². The van der Waals surface area contributed by atoms with Crippen molar-refractivity contribution in [1.29, 1.82) is 0 Å². The van der Waals surface area contributed by atoms with E-state index in [4.69, 9.17) is 0 Å². The molecule has 7 nitrogen and oxygen atoms in total. The van der Waals surface area contributed by atoms with E-state index in [9.17, 15) is 4.79 Å². The SMILES string of the molecule is CCn1c(=O)c2ccccc2n2c(CN3CCCN(Cc4ccccc4)CC3)nnc12. The van der Waals surface area contributed by atoms with Gasteiger partial charge in [-0.15, -0.1) is 10.2 Å². The standard InChI is InChI=1S/C24H28N6O/c1-2-29-23(31)20-11-6-7-12-21(20)30-22(25-26-24(29)30)18-28-14-8-13-27(15-16-28)17-19-9-4-3-5-10-19/h3-7,9-12H,2,8,13-18H2,1H3. The first-order chi connectivity index (χ1) is 15.2. The van der Waals surface area contributed by atoms with Crippen LogP contribution in [-0.4, -0.2) is 55.1 Å². The Morgan fingerprint density at radius 1 is 0.839 bits per heavy atom. The van der Waals surface area contributed by atoms with Gasteiger partial charge in [0, 0.05) is 26.2 Å². The molecule has 0 atom stereocenters. The van der Waals surface area contributed by atoms with Gasteiger partial charge < -0.3 is 0 Å². The Balaban J connectivity index is 1.40. The van der Waals surface area contributed by atoms with Crippen LogP contribution in [-0.2, 0) is 19.6 Å². The van der Waals surface area contributed by atoms with Gasteiger partial charge in [0.25, 0.3) is 5.56 Å². The summed E-state index contributed by atoms with van der Waals surface area (Å²) < 4.78 is 3.77. The summed E-state index contributed by atoms with van der Waals surface area (Å²) in [6.07, 6.45) is 1.13. The van der Waals surface area contributed by atoms with E-state index in [1.54, 1.807) is 4.57 Å². The number of hydrogen-bond acceptors (Lipinski definition) is 5. The molecule has 1 aliphatic heterocycles. The summed E-state index contributed by atoms with van der Waals surface area (Å²) in [6, 6.07) is 18.4. The Kier molecular flexibility index (Phi) is 5.53. The van der Waals surface area contributed by atoms with Crippen molar-refractivity contribution in [3.05, 3.63) is 76.3 Å². The fourth-order valence-electron chi connectivity index (χ4n) is 4.58. The summed E-state index contributed by atoms with van der Waals surface area (Å²) in [5.74, 6) is 1.52. The van der Waals surface area contributed by atoms with Crippen molar-refractivity contribution in [3.63, 3.8) is 0 Å². The van der Waals surface area contributed by atoms with Crippen LogP contribution in [0.5, 0.6) is 0 Å². The Labute approximate surface area is 181 Å². The highest BCUT2D eigenvalue weighted by atomic mass is 16.1. The first-order valence-corrected chi connectivity index (χ1v) is 11.1. The molecule has 31 heavy (non-hydrogen) atoms. The molecule has 1 fully saturated rings. The van der Waals surface area contributed by atoms with Gasteiger partial charge in [0.2, 0.25) is 5.78 Å². The first-order valence-electron chi connectivity index (χ1n) is 11.1. The number of hydrogen-bond donors (Lipinski definition) is 0. The quantitative estimate of drug-likeness (QED) is 0.501. The zero-order chi connectivity index (χ0) is 21.2. The van der Waals surface area contributed by atoms with Crippen LogP contribution in [0.15, 0.2) is 59.4 Å². The molecule has 0 spiro atoms. The van der Waals surface area contributed by atoms with E-state index in [0.29, 0.717) is 17.7 Å². The van der Waals surface area contributed by atoms with E-state index in [1.807, 2.05) is 31.2 Å². The summed E-state index contributed by atoms with van der Waals surface area (Å²) >= 11 is 0. The molecule has 0 N–H and O–H groups in total. The van der Waals surface area contributed by atoms with Crippen LogP contribution < -0.4 is 5.56 Å². The van der Waals surface area contributed by atoms with E-state index in [2.05, 4.69) is 54.7 Å². The molecule has 1 saturated heterocycles. The van der Waals surface area contributed by atoms with Gasteiger partial charge in [0.05, 0.1) is 17.4 Å². The van der Waals surface area contributed by atoms with Gasteiger partial charge in [-0.2, -0.15) is 0 Å². The van der Waals surface area contributed by atoms with Gasteiger partial charge >= 0.3 is 0 Å². The topological polar surface area (TPSA) is 58.7 Å². The Bertz CT molecular complexity index is 1250. The van der Waals surface area contributed by atoms with Crippen molar-refractivity contribution >= 4 is 16.7 Å². The van der Waals surface area contributed by atoms with Gasteiger partial charge in [0.15, 0.2) is 5.82 Å². The molecule has 7 heteroatoms. The number of fused-ring (bicyclic) bond motifs is 3. The highest BCUT2D eigenvalue weighted by Crippen LogP contribution is 2.17. The molecular formula is C24H28N6O. The van der Waals surface area contributed by atoms with Crippen LogP contribution in [0.4, 0.5) is 0 Å². The normalized spacial score (nSPS) is 16.2. The van der Waals surface area contributed by atoms with E-state index in [0.717, 1.165) is 57.0 Å². The molecule has 0 aliphatic carbocycles. The minimum Gasteiger partial charge on any atom is -0.298 e. The average molecular weight is 417 g/mol. The van der Waals surface area contributed by atoms with Gasteiger partial charge in [-0.05, 0) is 44.1 Å². The highest BCUT2D eigenvalue weighted by Gasteiger charge is 2.20. The fraction of sp³-hybridized carbons (Fsp3) is 0.375. The molecule has 3 heterocycles. The molecule has 0 unspecified atom stereocenters. The summed E-state index contributed by atoms with van der Waals surface area (Å²) in [7, 11) is 0. The number of rotatable bonds is 5. The van der Waals surface area contributed by atoms with Crippen molar-refractivity contribution in [1.82, 2.24) is 29.0 Å². The van der Waals surface area contributed by atoms with Crippen LogP contribution in [0, 0.1) is 0 Å². The third-order valence-corrected chi connectivity index (χ3v) is 6.19. The Morgan fingerprint density at radius 2 is 1.55 bits per heavy atom. The molecule has 4 aromatic rings. The van der Waals surface area contributed by atoms with Crippen molar-refractivity contribution in [2.24, 2.45) is 0 Å². The maximum absolute atomic E-state index is 12.9. The predicted octanol–water partition coefficient (Wildman–Crippen LogP) is 2.77. The zero-order valence-corrected chi connectivity index (χ0v) is 17.9. The van der Waals surface area contributed by atoms with Gasteiger partial charge in [0.1, 0.15) is 0 Å². The van der Waals surface area contributed by atoms with Crippen molar-refractivity contribution in [2.45, 2.75) is 33.0 Å². The maximum atomic E-state index is 12.9. The Hall–Kier alpha value is -3.03. The van der Waals surface area contributed by atoms with Gasteiger partial charge in [-0.1, -0.05) is 42.5 Å². The second-order valence-electron chi connectivity index (χ2n) is 8.21. The smallest absolute Gasteiger partial charge is 0.262 e. The van der Waals surface area contributed by atoms with E-state index >= 15 is 0 Å². The molecule has 160 valence electrons. The second kappa shape index (κ2) is 8.61. The number of aryl methyl sites for hydroxylation is 1. The summed E-state index contributed by atoms with van der Waals surface area (Å²) in [6.45, 7) is 8.43. The summed E-state index contributed by atoms with van der Waals surface area (Å²) in [5, 5.41) is 9.61. The predicted molar refractivity (Wildman–Crippen MR) is 122 cm³/mol. The van der Waals surface area contributed by atoms with E-state index in [1.165, 1.54) is 5.56 Å². The maximum Gasteiger partial charge on any atom is 0.262 e. The van der Waals surface area contributed by atoms with Crippen LogP contribution in [0.2, 0.25) is 0 Å². The first kappa shape index (κ1) is 19.9. The molecule has 0 saturated carbocycles. The molecule has 5 rings (SSSR count). The van der Waals surface area contributed by atoms with Gasteiger partial charge in [-0.3, -0.25) is 23.6 Å². The Morgan fingerprint density at radius 3 is 2.32 bits per heavy atom. The summed E-state index contributed by atoms with van der Waals surface area (Å²) in [4.78, 5) is 17.9. The van der Waals surface area contributed by atoms with Crippen LogP contribution in [0.3, 0.4) is 0 Å². The lowest BCUT2D eigenvalue weighted by Crippen LogP contribution is -2.31. The number of para-hydroxylation sites is 1. The van der Waals surface area contributed by atoms with Crippen LogP contribution in [0.1, 0.15) is 24.7 Å². The molecule has 2 aromatic carbocycles. The third kappa shape index (κ3) is 3.86. The fourth-order valence-corrected chi connectivity index (χ4v) is 4.58. The number of aromatic nitrogens is 4. The second-order valence-corrected chi connectivity index (χ2v) is 8.21. The molecule has 0 radical (unpaired) electrons. The lowest BCUT2D eigenvalue weighted by molar-refractivity contribution is 0.243. The molecule has 0 amide bonds. The van der Waals surface area contributed by atoms with Gasteiger partial charge in [-0.25, -0.2) is 0 Å². The average Bonchev–Trinajstić information content (AvgIpc) is 3.08. The summed E-state index contributed by atoms with van der Waals surface area (Å²) in [5.41, 5.74) is 2.24. The lowest BCUT2D eigenvalue weighted by atomic mass is 10.2. The number of benzene rings is 2. The zero-order valence-electron chi connectivity index (χ0n) is 17.9. The molecule has 0 bridgehead atoms. The van der Waals surface area contributed by atoms with Crippen molar-refractivity contribution < 1.29 is 0 Å². The number of nitrogens with zero attached hydrogens (tertiary/aromatic N) is 6. The van der Waals surface area contributed by atoms with Crippen LogP contribution >= 0.6 is 0 Å².